The molecule has 28 heavy (non-hydrogen) atoms. The van der Waals surface area contributed by atoms with Crippen LogP contribution in [0.25, 0.3) is 0 Å². The van der Waals surface area contributed by atoms with Gasteiger partial charge >= 0.3 is 0 Å². The molecule has 4 rings (SSSR count). The largest absolute Gasteiger partial charge is 0.396 e. The molecule has 1 aromatic rings. The Kier molecular flexibility index (Phi) is 5.31. The predicted molar refractivity (Wildman–Crippen MR) is 107 cm³/mol. The van der Waals surface area contributed by atoms with Crippen molar-refractivity contribution >= 4 is 17.2 Å². The smallest absolute Gasteiger partial charge is 0.223 e. The van der Waals surface area contributed by atoms with E-state index in [1.807, 2.05) is 18.7 Å². The van der Waals surface area contributed by atoms with Crippen LogP contribution in [0.4, 0.5) is 0 Å². The van der Waals surface area contributed by atoms with Gasteiger partial charge in [0.1, 0.15) is 0 Å². The average molecular weight is 409 g/mol. The van der Waals surface area contributed by atoms with Gasteiger partial charge < -0.3 is 19.8 Å². The maximum atomic E-state index is 13.1. The zero-order valence-corrected chi connectivity index (χ0v) is 17.9. The van der Waals surface area contributed by atoms with Gasteiger partial charge in [0.2, 0.25) is 5.91 Å². The molecule has 0 bridgehead atoms. The summed E-state index contributed by atoms with van der Waals surface area (Å²) in [5.41, 5.74) is 0.370. The number of rotatable bonds is 3. The van der Waals surface area contributed by atoms with E-state index in [1.54, 1.807) is 11.3 Å². The zero-order valence-electron chi connectivity index (χ0n) is 17.1. The minimum Gasteiger partial charge on any atom is -0.396 e. The third-order valence-corrected chi connectivity index (χ3v) is 8.75. The van der Waals surface area contributed by atoms with Crippen molar-refractivity contribution < 1.29 is 19.7 Å². The van der Waals surface area contributed by atoms with E-state index >= 15 is 0 Å². The molecule has 2 fully saturated rings. The number of carbonyl (C=O) groups is 1. The Balaban J connectivity index is 1.71. The normalized spacial score (nSPS) is 38.0. The number of hydrogen-bond acceptors (Lipinski definition) is 6. The fraction of sp³-hybridized carbons (Fsp3) is 0.810. The van der Waals surface area contributed by atoms with Crippen molar-refractivity contribution in [2.75, 3.05) is 32.9 Å². The Labute approximate surface area is 170 Å². The number of carbonyl (C=O) groups excluding carboxylic acids is 1. The summed E-state index contributed by atoms with van der Waals surface area (Å²) in [6.45, 7) is 8.77. The van der Waals surface area contributed by atoms with Crippen molar-refractivity contribution in [3.05, 3.63) is 15.6 Å². The van der Waals surface area contributed by atoms with E-state index < -0.39 is 11.5 Å². The highest BCUT2D eigenvalue weighted by atomic mass is 32.1. The van der Waals surface area contributed by atoms with Gasteiger partial charge in [-0.25, -0.2) is 4.98 Å². The number of hydrogen-bond donors (Lipinski definition) is 2. The van der Waals surface area contributed by atoms with Crippen LogP contribution < -0.4 is 0 Å². The van der Waals surface area contributed by atoms with Gasteiger partial charge in [-0.2, -0.15) is 0 Å². The molecule has 1 aromatic heterocycles. The van der Waals surface area contributed by atoms with Crippen molar-refractivity contribution in [1.29, 1.82) is 0 Å². The Morgan fingerprint density at radius 2 is 2.07 bits per heavy atom. The van der Waals surface area contributed by atoms with Gasteiger partial charge in [-0.3, -0.25) is 4.79 Å². The topological polar surface area (TPSA) is 82.9 Å². The van der Waals surface area contributed by atoms with Crippen molar-refractivity contribution in [3.8, 4) is 0 Å². The Hall–Kier alpha value is -1.02. The summed E-state index contributed by atoms with van der Waals surface area (Å²) in [6.07, 6.45) is 2.27. The number of fused-ring (bicyclic) bond motifs is 2. The molecule has 1 saturated carbocycles. The molecule has 5 atom stereocenters. The maximum absolute atomic E-state index is 13.1. The molecule has 0 radical (unpaired) electrons. The first-order chi connectivity index (χ1) is 13.3. The molecule has 0 aromatic carbocycles. The van der Waals surface area contributed by atoms with Gasteiger partial charge in [-0.15, -0.1) is 11.3 Å². The molecule has 1 saturated heterocycles. The molecule has 2 N–H and O–H groups in total. The lowest BCUT2D eigenvalue weighted by molar-refractivity contribution is -0.149. The zero-order chi connectivity index (χ0) is 20.1. The molecule has 2 heterocycles. The number of ether oxygens (including phenoxy) is 1. The summed E-state index contributed by atoms with van der Waals surface area (Å²) in [5, 5.41) is 22.0. The lowest BCUT2D eigenvalue weighted by atomic mass is 9.47. The molecule has 0 unspecified atom stereocenters. The minimum absolute atomic E-state index is 0.0277. The van der Waals surface area contributed by atoms with E-state index in [0.29, 0.717) is 39.1 Å². The highest BCUT2D eigenvalue weighted by Crippen LogP contribution is 2.62. The second kappa shape index (κ2) is 7.35. The second-order valence-corrected chi connectivity index (χ2v) is 10.6. The number of aryl methyl sites for hydroxylation is 1. The third kappa shape index (κ3) is 3.11. The molecular formula is C21H32N2O4S. The van der Waals surface area contributed by atoms with Crippen LogP contribution in [0.2, 0.25) is 0 Å². The maximum Gasteiger partial charge on any atom is 0.223 e. The van der Waals surface area contributed by atoms with Crippen LogP contribution in [0.15, 0.2) is 0 Å². The lowest BCUT2D eigenvalue weighted by Gasteiger charge is -2.58. The number of aromatic nitrogens is 1. The lowest BCUT2D eigenvalue weighted by Crippen LogP contribution is -2.58. The number of morpholine rings is 1. The monoisotopic (exact) mass is 408 g/mol. The van der Waals surface area contributed by atoms with Gasteiger partial charge in [0.05, 0.1) is 36.6 Å². The second-order valence-electron chi connectivity index (χ2n) is 9.27. The van der Waals surface area contributed by atoms with Crippen LogP contribution in [0.3, 0.4) is 0 Å². The van der Waals surface area contributed by atoms with Gasteiger partial charge in [0.25, 0.3) is 0 Å². The van der Waals surface area contributed by atoms with E-state index in [2.05, 4.69) is 6.92 Å². The number of aliphatic hydroxyl groups excluding tert-OH is 2. The SMILES string of the molecule is Cc1nc2c(s1)C[C@@H]1[C@](C)(CO)[C@H](O)CC[C@@]1(C)[C@@H]2CC(=O)N1CCOCC1. The van der Waals surface area contributed by atoms with Crippen LogP contribution in [-0.2, 0) is 16.0 Å². The number of amides is 1. The highest BCUT2D eigenvalue weighted by molar-refractivity contribution is 7.11. The molecule has 7 heteroatoms. The van der Waals surface area contributed by atoms with Crippen LogP contribution >= 0.6 is 11.3 Å². The summed E-state index contributed by atoms with van der Waals surface area (Å²) in [5.74, 6) is 0.326. The average Bonchev–Trinajstić information content (AvgIpc) is 3.07. The quantitative estimate of drug-likeness (QED) is 0.801. The fourth-order valence-corrected chi connectivity index (χ4v) is 6.93. The van der Waals surface area contributed by atoms with E-state index in [9.17, 15) is 15.0 Å². The van der Waals surface area contributed by atoms with Crippen molar-refractivity contribution in [1.82, 2.24) is 9.88 Å². The Bertz CT molecular complexity index is 747. The van der Waals surface area contributed by atoms with E-state index in [4.69, 9.17) is 9.72 Å². The van der Waals surface area contributed by atoms with E-state index in [1.165, 1.54) is 4.88 Å². The van der Waals surface area contributed by atoms with Crippen molar-refractivity contribution in [2.24, 2.45) is 16.7 Å². The highest BCUT2D eigenvalue weighted by Gasteiger charge is 2.59. The van der Waals surface area contributed by atoms with Gasteiger partial charge in [-0.05, 0) is 37.5 Å². The Morgan fingerprint density at radius 3 is 2.75 bits per heavy atom. The van der Waals surface area contributed by atoms with Crippen molar-refractivity contribution in [3.63, 3.8) is 0 Å². The van der Waals surface area contributed by atoms with Crippen LogP contribution in [-0.4, -0.2) is 65.0 Å². The third-order valence-electron chi connectivity index (χ3n) is 7.74. The summed E-state index contributed by atoms with van der Waals surface area (Å²) >= 11 is 1.70. The van der Waals surface area contributed by atoms with E-state index in [-0.39, 0.29) is 29.8 Å². The molecule has 156 valence electrons. The molecular weight excluding hydrogens is 376 g/mol. The molecule has 6 nitrogen and oxygen atoms in total. The molecule has 1 amide bonds. The van der Waals surface area contributed by atoms with Gasteiger partial charge in [0.15, 0.2) is 0 Å². The van der Waals surface area contributed by atoms with Crippen LogP contribution in [0, 0.1) is 23.7 Å². The first kappa shape index (κ1) is 20.3. The number of aliphatic hydroxyl groups is 2. The minimum atomic E-state index is -0.553. The first-order valence-electron chi connectivity index (χ1n) is 10.4. The summed E-state index contributed by atoms with van der Waals surface area (Å²) < 4.78 is 5.40. The standard InChI is InChI=1S/C21H32N2O4S/c1-13-22-19-14(10-18(26)23-6-8-27-9-7-23)20(2)5-4-17(25)21(3,12-24)16(20)11-15(19)28-13/h14,16-17,24-25H,4-12H2,1-3H3/t14-,16+,17-,20+,21+/m1/s1. The number of thiazole rings is 1. The van der Waals surface area contributed by atoms with Gasteiger partial charge in [-0.1, -0.05) is 13.8 Å². The molecule has 2 aliphatic carbocycles. The summed E-state index contributed by atoms with van der Waals surface area (Å²) in [6, 6.07) is 0. The molecule has 3 aliphatic rings. The van der Waals surface area contributed by atoms with Crippen LogP contribution in [0.5, 0.6) is 0 Å². The molecule has 0 spiro atoms. The predicted octanol–water partition coefficient (Wildman–Crippen LogP) is 2.12. The Morgan fingerprint density at radius 1 is 1.36 bits per heavy atom. The molecule has 1 aliphatic heterocycles. The number of nitrogens with zero attached hydrogens (tertiary/aromatic N) is 2. The van der Waals surface area contributed by atoms with Gasteiger partial charge in [0, 0.05) is 35.7 Å². The summed E-state index contributed by atoms with van der Waals surface area (Å²) in [7, 11) is 0. The van der Waals surface area contributed by atoms with Crippen molar-refractivity contribution in [2.45, 2.75) is 58.5 Å². The van der Waals surface area contributed by atoms with E-state index in [0.717, 1.165) is 23.5 Å². The summed E-state index contributed by atoms with van der Waals surface area (Å²) in [4.78, 5) is 21.1. The van der Waals surface area contributed by atoms with Crippen LogP contribution in [0.1, 0.15) is 54.6 Å². The fourth-order valence-electron chi connectivity index (χ4n) is 5.88. The first-order valence-corrected chi connectivity index (χ1v) is 11.2.